The van der Waals surface area contributed by atoms with Crippen molar-refractivity contribution in [1.82, 2.24) is 5.32 Å². The first-order chi connectivity index (χ1) is 10.1. The van der Waals surface area contributed by atoms with Gasteiger partial charge in [-0.3, -0.25) is 4.79 Å². The van der Waals surface area contributed by atoms with E-state index in [2.05, 4.69) is 5.32 Å². The van der Waals surface area contributed by atoms with Crippen molar-refractivity contribution in [3.8, 4) is 5.75 Å². The van der Waals surface area contributed by atoms with Gasteiger partial charge in [0.05, 0.1) is 12.0 Å². The van der Waals surface area contributed by atoms with Gasteiger partial charge in [-0.2, -0.15) is 0 Å². The summed E-state index contributed by atoms with van der Waals surface area (Å²) in [6.45, 7) is 0.328. The Hall–Kier alpha value is -2.82. The molecule has 0 aliphatic heterocycles. The second kappa shape index (κ2) is 6.56. The fourth-order valence-electron chi connectivity index (χ4n) is 1.93. The molecule has 0 aliphatic carbocycles. The third-order valence-corrected chi connectivity index (χ3v) is 3.02. The van der Waals surface area contributed by atoms with E-state index in [1.807, 2.05) is 0 Å². The molecule has 0 saturated heterocycles. The maximum Gasteiger partial charge on any atom is 0.335 e. The summed E-state index contributed by atoms with van der Waals surface area (Å²) in [7, 11) is 0. The van der Waals surface area contributed by atoms with Gasteiger partial charge >= 0.3 is 5.97 Å². The molecule has 5 heteroatoms. The first-order valence-corrected chi connectivity index (χ1v) is 6.42. The van der Waals surface area contributed by atoms with Crippen molar-refractivity contribution < 1.29 is 19.8 Å². The van der Waals surface area contributed by atoms with Crippen LogP contribution in [0.4, 0.5) is 0 Å². The van der Waals surface area contributed by atoms with Crippen LogP contribution in [-0.4, -0.2) is 22.1 Å². The van der Waals surface area contributed by atoms with Gasteiger partial charge in [-0.25, -0.2) is 4.79 Å². The summed E-state index contributed by atoms with van der Waals surface area (Å²) in [6, 6.07) is 12.9. The number of amides is 1. The van der Waals surface area contributed by atoms with Crippen LogP contribution in [0.25, 0.3) is 0 Å². The molecular weight excluding hydrogens is 270 g/mol. The van der Waals surface area contributed by atoms with Gasteiger partial charge < -0.3 is 15.5 Å². The lowest BCUT2D eigenvalue weighted by Gasteiger charge is -2.07. The zero-order valence-corrected chi connectivity index (χ0v) is 11.2. The molecular formula is C16H15NO4. The maximum absolute atomic E-state index is 11.9. The Morgan fingerprint density at radius 1 is 1.00 bits per heavy atom. The molecule has 0 bridgehead atoms. The average Bonchev–Trinajstić information content (AvgIpc) is 2.47. The topological polar surface area (TPSA) is 86.6 Å². The molecule has 0 unspecified atom stereocenters. The van der Waals surface area contributed by atoms with E-state index >= 15 is 0 Å². The molecule has 5 nitrogen and oxygen atoms in total. The molecule has 0 aromatic heterocycles. The number of phenolic OH excluding ortho intramolecular Hbond substituents is 1. The number of carboxylic acids is 1. The number of aromatic hydroxyl groups is 1. The number of carboxylic acid groups (broad SMARTS) is 1. The average molecular weight is 285 g/mol. The van der Waals surface area contributed by atoms with Crippen LogP contribution in [0.2, 0.25) is 0 Å². The number of nitrogens with one attached hydrogen (secondary N) is 1. The predicted octanol–water partition coefficient (Wildman–Crippen LogP) is 1.95. The molecule has 0 radical (unpaired) electrons. The van der Waals surface area contributed by atoms with Crippen LogP contribution < -0.4 is 5.32 Å². The van der Waals surface area contributed by atoms with Gasteiger partial charge in [-0.15, -0.1) is 0 Å². The molecule has 21 heavy (non-hydrogen) atoms. The van der Waals surface area contributed by atoms with Crippen LogP contribution in [0.5, 0.6) is 5.75 Å². The smallest absolute Gasteiger partial charge is 0.335 e. The van der Waals surface area contributed by atoms with Gasteiger partial charge in [0.15, 0.2) is 0 Å². The van der Waals surface area contributed by atoms with Crippen LogP contribution in [0.3, 0.4) is 0 Å². The van der Waals surface area contributed by atoms with E-state index in [0.717, 1.165) is 5.56 Å². The summed E-state index contributed by atoms with van der Waals surface area (Å²) >= 11 is 0. The van der Waals surface area contributed by atoms with Crippen molar-refractivity contribution in [3.05, 3.63) is 65.2 Å². The van der Waals surface area contributed by atoms with E-state index in [4.69, 9.17) is 10.2 Å². The summed E-state index contributed by atoms with van der Waals surface area (Å²) in [4.78, 5) is 22.9. The van der Waals surface area contributed by atoms with Crippen LogP contribution in [-0.2, 0) is 17.8 Å². The van der Waals surface area contributed by atoms with E-state index in [0.29, 0.717) is 12.1 Å². The van der Waals surface area contributed by atoms with Crippen LogP contribution in [0.15, 0.2) is 48.5 Å². The minimum absolute atomic E-state index is 0.0144. The summed E-state index contributed by atoms with van der Waals surface area (Å²) in [5.74, 6) is -1.13. The number of carbonyl (C=O) groups is 2. The molecule has 1 amide bonds. The highest BCUT2D eigenvalue weighted by Crippen LogP contribution is 2.11. The highest BCUT2D eigenvalue weighted by atomic mass is 16.4. The second-order valence-electron chi connectivity index (χ2n) is 4.58. The van der Waals surface area contributed by atoms with Gasteiger partial charge in [-0.1, -0.05) is 30.3 Å². The van der Waals surface area contributed by atoms with Crippen molar-refractivity contribution in [2.45, 2.75) is 13.0 Å². The van der Waals surface area contributed by atoms with Crippen molar-refractivity contribution in [2.24, 2.45) is 0 Å². The number of hydrogen-bond donors (Lipinski definition) is 3. The Bertz CT molecular complexity index is 650. The fourth-order valence-corrected chi connectivity index (χ4v) is 1.93. The van der Waals surface area contributed by atoms with Gasteiger partial charge in [0.1, 0.15) is 5.75 Å². The number of carbonyl (C=O) groups excluding carboxylic acids is 1. The van der Waals surface area contributed by atoms with Crippen molar-refractivity contribution in [1.29, 1.82) is 0 Å². The van der Waals surface area contributed by atoms with Crippen LogP contribution >= 0.6 is 0 Å². The fraction of sp³-hybridized carbons (Fsp3) is 0.125. The number of benzene rings is 2. The predicted molar refractivity (Wildman–Crippen MR) is 77.1 cm³/mol. The largest absolute Gasteiger partial charge is 0.508 e. The maximum atomic E-state index is 11.9. The highest BCUT2D eigenvalue weighted by molar-refractivity contribution is 5.91. The van der Waals surface area contributed by atoms with E-state index < -0.39 is 5.97 Å². The molecule has 2 aromatic rings. The van der Waals surface area contributed by atoms with E-state index in [1.165, 1.54) is 6.07 Å². The first-order valence-electron chi connectivity index (χ1n) is 6.42. The third kappa shape index (κ3) is 4.07. The molecule has 3 N–H and O–H groups in total. The van der Waals surface area contributed by atoms with Gasteiger partial charge in [-0.05, 0) is 29.3 Å². The Balaban J connectivity index is 1.96. The molecule has 2 rings (SSSR count). The molecule has 0 saturated carbocycles. The van der Waals surface area contributed by atoms with Crippen molar-refractivity contribution >= 4 is 11.9 Å². The number of phenols is 1. The lowest BCUT2D eigenvalue weighted by molar-refractivity contribution is -0.120. The molecule has 0 aliphatic rings. The molecule has 2 aromatic carbocycles. The SMILES string of the molecule is O=C(Cc1ccccc1C(=O)O)NCc1ccc(O)cc1. The second-order valence-corrected chi connectivity index (χ2v) is 4.58. The highest BCUT2D eigenvalue weighted by Gasteiger charge is 2.12. The van der Waals surface area contributed by atoms with Crippen molar-refractivity contribution in [3.63, 3.8) is 0 Å². The van der Waals surface area contributed by atoms with Crippen molar-refractivity contribution in [2.75, 3.05) is 0 Å². The van der Waals surface area contributed by atoms with Gasteiger partial charge in [0.2, 0.25) is 5.91 Å². The van der Waals surface area contributed by atoms with Gasteiger partial charge in [0.25, 0.3) is 0 Å². The molecule has 0 spiro atoms. The standard InChI is InChI=1S/C16H15NO4/c18-13-7-5-11(6-8-13)10-17-15(19)9-12-3-1-2-4-14(12)16(20)21/h1-8,18H,9-10H2,(H,17,19)(H,20,21). The molecule has 0 heterocycles. The third-order valence-electron chi connectivity index (χ3n) is 3.02. The minimum Gasteiger partial charge on any atom is -0.508 e. The molecule has 108 valence electrons. The Kier molecular flexibility index (Phi) is 4.56. The number of hydrogen-bond acceptors (Lipinski definition) is 3. The van der Waals surface area contributed by atoms with Crippen LogP contribution in [0.1, 0.15) is 21.5 Å². The number of aromatic carboxylic acids is 1. The Labute approximate surface area is 121 Å². The van der Waals surface area contributed by atoms with E-state index in [1.54, 1.807) is 42.5 Å². The van der Waals surface area contributed by atoms with Gasteiger partial charge in [0, 0.05) is 6.54 Å². The van der Waals surface area contributed by atoms with E-state index in [9.17, 15) is 9.59 Å². The summed E-state index contributed by atoms with van der Waals surface area (Å²) in [5.41, 5.74) is 1.47. The first kappa shape index (κ1) is 14.6. The molecule has 0 atom stereocenters. The summed E-state index contributed by atoms with van der Waals surface area (Å²) in [6.07, 6.45) is 0.0144. The zero-order chi connectivity index (χ0) is 15.2. The Morgan fingerprint density at radius 3 is 2.33 bits per heavy atom. The lowest BCUT2D eigenvalue weighted by Crippen LogP contribution is -2.25. The summed E-state index contributed by atoms with van der Waals surface area (Å²) < 4.78 is 0. The monoisotopic (exact) mass is 285 g/mol. The summed E-state index contributed by atoms with van der Waals surface area (Å²) in [5, 5.41) is 20.9. The lowest BCUT2D eigenvalue weighted by atomic mass is 10.0. The van der Waals surface area contributed by atoms with E-state index in [-0.39, 0.29) is 23.6 Å². The molecule has 0 fully saturated rings. The normalized spacial score (nSPS) is 10.1. The Morgan fingerprint density at radius 2 is 1.67 bits per heavy atom. The quantitative estimate of drug-likeness (QED) is 0.783. The zero-order valence-electron chi connectivity index (χ0n) is 11.2. The number of rotatable bonds is 5. The van der Waals surface area contributed by atoms with Crippen LogP contribution in [0, 0.1) is 0 Å². The minimum atomic E-state index is -1.04.